The van der Waals surface area contributed by atoms with Crippen LogP contribution in [0.15, 0.2) is 12.3 Å². The monoisotopic (exact) mass is 190 g/mol. The topological polar surface area (TPSA) is 67.6 Å². The van der Waals surface area contributed by atoms with E-state index in [-0.39, 0.29) is 0 Å². The quantitative estimate of drug-likeness (QED) is 0.715. The Balaban J connectivity index is 2.63. The van der Waals surface area contributed by atoms with Crippen LogP contribution in [0.1, 0.15) is 25.2 Å². The third-order valence-electron chi connectivity index (χ3n) is 2.08. The van der Waals surface area contributed by atoms with Crippen molar-refractivity contribution in [2.75, 3.05) is 0 Å². The molecule has 14 heavy (non-hydrogen) atoms. The molecule has 0 atom stereocenters. The fraction of sp³-hybridized carbons (Fsp3) is 0.400. The van der Waals surface area contributed by atoms with E-state index in [9.17, 15) is 0 Å². The molecule has 3 N–H and O–H groups in total. The maximum Gasteiger partial charge on any atom is 0.177 e. The second-order valence-corrected chi connectivity index (χ2v) is 4.19. The van der Waals surface area contributed by atoms with E-state index in [0.29, 0.717) is 0 Å². The van der Waals surface area contributed by atoms with Crippen LogP contribution in [0.3, 0.4) is 0 Å². The van der Waals surface area contributed by atoms with E-state index in [1.165, 1.54) is 0 Å². The number of aryl methyl sites for hydroxylation is 1. The number of H-pyrrole nitrogens is 1. The molecule has 74 valence electrons. The standard InChI is InChI=1S/C10H14N4/c1-6-4-7-8(12-5-6)14-9(13-7)10(2,3)11/h4-5H,11H2,1-3H3,(H,12,13,14). The molecule has 0 aliphatic rings. The van der Waals surface area contributed by atoms with Crippen LogP contribution in [0.25, 0.3) is 11.2 Å². The van der Waals surface area contributed by atoms with Gasteiger partial charge in [-0.15, -0.1) is 0 Å². The number of nitrogens with one attached hydrogen (secondary N) is 1. The molecule has 2 aromatic rings. The van der Waals surface area contributed by atoms with E-state index in [4.69, 9.17) is 5.73 Å². The molecule has 4 nitrogen and oxygen atoms in total. The first-order chi connectivity index (χ1) is 6.47. The van der Waals surface area contributed by atoms with Crippen molar-refractivity contribution in [1.29, 1.82) is 0 Å². The SMILES string of the molecule is Cc1cnc2nc(C(C)(C)N)[nH]c2c1. The summed E-state index contributed by atoms with van der Waals surface area (Å²) in [5.41, 5.74) is 8.27. The van der Waals surface area contributed by atoms with Crippen LogP contribution in [0, 0.1) is 6.92 Å². The van der Waals surface area contributed by atoms with E-state index in [1.54, 1.807) is 6.20 Å². The van der Waals surface area contributed by atoms with Crippen LogP contribution in [0.2, 0.25) is 0 Å². The fourth-order valence-electron chi connectivity index (χ4n) is 1.31. The molecule has 0 amide bonds. The predicted molar refractivity (Wildman–Crippen MR) is 55.8 cm³/mol. The van der Waals surface area contributed by atoms with Crippen LogP contribution in [-0.2, 0) is 5.54 Å². The highest BCUT2D eigenvalue weighted by atomic mass is 15.0. The Morgan fingerprint density at radius 2 is 2.14 bits per heavy atom. The molecular formula is C10H14N4. The summed E-state index contributed by atoms with van der Waals surface area (Å²) in [6, 6.07) is 2.02. The zero-order valence-corrected chi connectivity index (χ0v) is 8.63. The first kappa shape index (κ1) is 9.15. The molecular weight excluding hydrogens is 176 g/mol. The Morgan fingerprint density at radius 3 is 2.79 bits per heavy atom. The predicted octanol–water partition coefficient (Wildman–Crippen LogP) is 1.46. The van der Waals surface area contributed by atoms with Gasteiger partial charge in [0.1, 0.15) is 5.82 Å². The third-order valence-corrected chi connectivity index (χ3v) is 2.08. The summed E-state index contributed by atoms with van der Waals surface area (Å²) in [6.07, 6.45) is 1.80. The van der Waals surface area contributed by atoms with Crippen molar-refractivity contribution in [1.82, 2.24) is 15.0 Å². The summed E-state index contributed by atoms with van der Waals surface area (Å²) >= 11 is 0. The summed E-state index contributed by atoms with van der Waals surface area (Å²) in [5.74, 6) is 0.769. The lowest BCUT2D eigenvalue weighted by molar-refractivity contribution is 0.522. The van der Waals surface area contributed by atoms with Gasteiger partial charge in [0.2, 0.25) is 0 Å². The Bertz CT molecular complexity index is 464. The number of nitrogens with zero attached hydrogens (tertiary/aromatic N) is 2. The average molecular weight is 190 g/mol. The smallest absolute Gasteiger partial charge is 0.177 e. The number of imidazole rings is 1. The fourth-order valence-corrected chi connectivity index (χ4v) is 1.31. The van der Waals surface area contributed by atoms with Gasteiger partial charge in [-0.1, -0.05) is 0 Å². The maximum atomic E-state index is 5.94. The Morgan fingerprint density at radius 1 is 1.43 bits per heavy atom. The van der Waals surface area contributed by atoms with Crippen LogP contribution < -0.4 is 5.73 Å². The molecule has 2 rings (SSSR count). The zero-order chi connectivity index (χ0) is 10.3. The summed E-state index contributed by atoms with van der Waals surface area (Å²) in [5, 5.41) is 0. The van der Waals surface area contributed by atoms with E-state index < -0.39 is 5.54 Å². The van der Waals surface area contributed by atoms with Crippen molar-refractivity contribution >= 4 is 11.2 Å². The molecule has 0 saturated carbocycles. The van der Waals surface area contributed by atoms with Crippen molar-refractivity contribution in [3.63, 3.8) is 0 Å². The number of fused-ring (bicyclic) bond motifs is 1. The zero-order valence-electron chi connectivity index (χ0n) is 8.63. The maximum absolute atomic E-state index is 5.94. The van der Waals surface area contributed by atoms with Crippen molar-refractivity contribution in [3.8, 4) is 0 Å². The number of hydrogen-bond acceptors (Lipinski definition) is 3. The van der Waals surface area contributed by atoms with Gasteiger partial charge in [0, 0.05) is 6.20 Å². The lowest BCUT2D eigenvalue weighted by Crippen LogP contribution is -2.30. The number of aromatic nitrogens is 3. The summed E-state index contributed by atoms with van der Waals surface area (Å²) in [6.45, 7) is 5.83. The molecule has 0 unspecified atom stereocenters. The number of aromatic amines is 1. The molecule has 0 aromatic carbocycles. The normalized spacial score (nSPS) is 12.3. The molecule has 0 radical (unpaired) electrons. The van der Waals surface area contributed by atoms with Crippen molar-refractivity contribution in [3.05, 3.63) is 23.7 Å². The molecule has 4 heteroatoms. The van der Waals surface area contributed by atoms with Gasteiger partial charge in [0.25, 0.3) is 0 Å². The molecule has 0 fully saturated rings. The van der Waals surface area contributed by atoms with Crippen molar-refractivity contribution < 1.29 is 0 Å². The molecule has 0 bridgehead atoms. The van der Waals surface area contributed by atoms with Crippen LogP contribution in [-0.4, -0.2) is 15.0 Å². The van der Waals surface area contributed by atoms with Gasteiger partial charge in [0.15, 0.2) is 5.65 Å². The number of hydrogen-bond donors (Lipinski definition) is 2. The van der Waals surface area contributed by atoms with Gasteiger partial charge in [-0.05, 0) is 32.4 Å². The lowest BCUT2D eigenvalue weighted by atomic mass is 10.1. The van der Waals surface area contributed by atoms with Crippen molar-refractivity contribution in [2.24, 2.45) is 5.73 Å². The second-order valence-electron chi connectivity index (χ2n) is 4.19. The summed E-state index contributed by atoms with van der Waals surface area (Å²) < 4.78 is 0. The number of nitrogens with two attached hydrogens (primary N) is 1. The van der Waals surface area contributed by atoms with E-state index in [0.717, 1.165) is 22.6 Å². The van der Waals surface area contributed by atoms with E-state index >= 15 is 0 Å². The first-order valence-electron chi connectivity index (χ1n) is 4.58. The average Bonchev–Trinajstić information content (AvgIpc) is 2.45. The minimum atomic E-state index is -0.450. The van der Waals surface area contributed by atoms with Gasteiger partial charge in [0.05, 0.1) is 11.1 Å². The Hall–Kier alpha value is -1.42. The molecule has 0 aliphatic heterocycles. The van der Waals surface area contributed by atoms with Crippen molar-refractivity contribution in [2.45, 2.75) is 26.3 Å². The number of rotatable bonds is 1. The van der Waals surface area contributed by atoms with Gasteiger partial charge >= 0.3 is 0 Å². The summed E-state index contributed by atoms with van der Waals surface area (Å²) in [4.78, 5) is 11.7. The highest BCUT2D eigenvalue weighted by Gasteiger charge is 2.18. The van der Waals surface area contributed by atoms with Gasteiger partial charge in [-0.2, -0.15) is 0 Å². The highest BCUT2D eigenvalue weighted by molar-refractivity contribution is 5.71. The van der Waals surface area contributed by atoms with Crippen LogP contribution >= 0.6 is 0 Å². The second kappa shape index (κ2) is 2.78. The van der Waals surface area contributed by atoms with Gasteiger partial charge in [-0.3, -0.25) is 0 Å². The first-order valence-corrected chi connectivity index (χ1v) is 4.58. The molecule has 2 aromatic heterocycles. The summed E-state index contributed by atoms with van der Waals surface area (Å²) in [7, 11) is 0. The van der Waals surface area contributed by atoms with Gasteiger partial charge < -0.3 is 10.7 Å². The number of pyridine rings is 1. The lowest BCUT2D eigenvalue weighted by Gasteiger charge is -2.13. The van der Waals surface area contributed by atoms with E-state index in [2.05, 4.69) is 15.0 Å². The highest BCUT2D eigenvalue weighted by Crippen LogP contribution is 2.17. The van der Waals surface area contributed by atoms with E-state index in [1.807, 2.05) is 26.8 Å². The minimum absolute atomic E-state index is 0.450. The Kier molecular flexibility index (Phi) is 1.82. The van der Waals surface area contributed by atoms with Gasteiger partial charge in [-0.25, -0.2) is 9.97 Å². The molecule has 2 heterocycles. The van der Waals surface area contributed by atoms with Crippen LogP contribution in [0.4, 0.5) is 0 Å². The minimum Gasteiger partial charge on any atom is -0.339 e. The largest absolute Gasteiger partial charge is 0.339 e. The molecule has 0 spiro atoms. The van der Waals surface area contributed by atoms with Crippen LogP contribution in [0.5, 0.6) is 0 Å². The molecule has 0 aliphatic carbocycles. The Labute approximate surface area is 82.6 Å². The third kappa shape index (κ3) is 1.48. The molecule has 0 saturated heterocycles.